The number of hydrogen-bond acceptors (Lipinski definition) is 6. The number of aryl methyl sites for hydroxylation is 2. The Bertz CT molecular complexity index is 534. The summed E-state index contributed by atoms with van der Waals surface area (Å²) < 4.78 is 12.3. The zero-order valence-corrected chi connectivity index (χ0v) is 11.5. The normalized spacial score (nSPS) is 12.8. The minimum Gasteiger partial charge on any atom is -0.379 e. The molecule has 2 heterocycles. The van der Waals surface area contributed by atoms with E-state index in [9.17, 15) is 0 Å². The summed E-state index contributed by atoms with van der Waals surface area (Å²) in [6.07, 6.45) is 2.80. The van der Waals surface area contributed by atoms with Crippen molar-refractivity contribution in [3.8, 4) is 11.5 Å². The molecule has 0 aliphatic carbocycles. The van der Waals surface area contributed by atoms with Crippen LogP contribution >= 0.6 is 0 Å². The average molecular weight is 265 g/mol. The highest BCUT2D eigenvalue weighted by Gasteiger charge is 2.18. The van der Waals surface area contributed by atoms with Gasteiger partial charge >= 0.3 is 0 Å². The van der Waals surface area contributed by atoms with E-state index in [0.29, 0.717) is 24.9 Å². The van der Waals surface area contributed by atoms with Gasteiger partial charge < -0.3 is 15.0 Å². The number of nitrogens with two attached hydrogens (primary N) is 1. The van der Waals surface area contributed by atoms with E-state index in [4.69, 9.17) is 15.0 Å². The quantitative estimate of drug-likeness (QED) is 0.789. The van der Waals surface area contributed by atoms with E-state index in [1.807, 2.05) is 27.1 Å². The van der Waals surface area contributed by atoms with Crippen LogP contribution in [0.3, 0.4) is 0 Å². The van der Waals surface area contributed by atoms with Crippen LogP contribution in [-0.2, 0) is 11.8 Å². The van der Waals surface area contributed by atoms with Crippen molar-refractivity contribution in [3.05, 3.63) is 17.7 Å². The third-order valence-electron chi connectivity index (χ3n) is 2.66. The molecule has 0 aliphatic rings. The van der Waals surface area contributed by atoms with Crippen molar-refractivity contribution < 1.29 is 9.26 Å². The lowest BCUT2D eigenvalue weighted by molar-refractivity contribution is 0.119. The van der Waals surface area contributed by atoms with E-state index >= 15 is 0 Å². The summed E-state index contributed by atoms with van der Waals surface area (Å²) in [6.45, 7) is 5.01. The first kappa shape index (κ1) is 13.7. The van der Waals surface area contributed by atoms with Crippen LogP contribution in [0.5, 0.6) is 0 Å². The largest absolute Gasteiger partial charge is 0.379 e. The Hall–Kier alpha value is -1.73. The fraction of sp³-hybridized carbons (Fsp3) is 0.583. The highest BCUT2D eigenvalue weighted by Crippen LogP contribution is 2.21. The molecule has 2 aromatic heterocycles. The molecule has 0 fully saturated rings. The minimum absolute atomic E-state index is 0.374. The second-order valence-electron chi connectivity index (χ2n) is 4.44. The Morgan fingerprint density at radius 3 is 2.95 bits per heavy atom. The van der Waals surface area contributed by atoms with Crippen molar-refractivity contribution in [2.75, 3.05) is 13.2 Å². The molecule has 0 aliphatic heterocycles. The standard InChI is InChI=1S/C12H19N5O2/c1-4-5-18-7-10(13)11-14-12(19-16-11)9-6-17(3)15-8(9)2/h6,10H,4-5,7,13H2,1-3H3. The van der Waals surface area contributed by atoms with Gasteiger partial charge in [0.05, 0.1) is 23.9 Å². The van der Waals surface area contributed by atoms with Gasteiger partial charge in [0.15, 0.2) is 5.82 Å². The Morgan fingerprint density at radius 2 is 2.32 bits per heavy atom. The van der Waals surface area contributed by atoms with Crippen LogP contribution in [-0.4, -0.2) is 33.1 Å². The van der Waals surface area contributed by atoms with Crippen LogP contribution in [0.25, 0.3) is 11.5 Å². The van der Waals surface area contributed by atoms with Gasteiger partial charge in [-0.2, -0.15) is 10.1 Å². The Labute approximate surface area is 111 Å². The monoisotopic (exact) mass is 265 g/mol. The van der Waals surface area contributed by atoms with Crippen molar-refractivity contribution in [3.63, 3.8) is 0 Å². The summed E-state index contributed by atoms with van der Waals surface area (Å²) in [7, 11) is 1.85. The molecule has 2 rings (SSSR count). The molecular weight excluding hydrogens is 246 g/mol. The van der Waals surface area contributed by atoms with E-state index < -0.39 is 0 Å². The summed E-state index contributed by atoms with van der Waals surface area (Å²) in [6, 6.07) is -0.374. The molecule has 0 spiro atoms. The second-order valence-corrected chi connectivity index (χ2v) is 4.44. The molecule has 0 saturated heterocycles. The lowest BCUT2D eigenvalue weighted by atomic mass is 10.2. The Morgan fingerprint density at radius 1 is 1.53 bits per heavy atom. The van der Waals surface area contributed by atoms with E-state index in [-0.39, 0.29) is 6.04 Å². The van der Waals surface area contributed by atoms with Crippen molar-refractivity contribution >= 4 is 0 Å². The fourth-order valence-corrected chi connectivity index (χ4v) is 1.73. The highest BCUT2D eigenvalue weighted by atomic mass is 16.5. The first-order valence-corrected chi connectivity index (χ1v) is 6.29. The maximum atomic E-state index is 5.94. The van der Waals surface area contributed by atoms with Crippen molar-refractivity contribution in [2.24, 2.45) is 12.8 Å². The summed E-state index contributed by atoms with van der Waals surface area (Å²) in [5, 5.41) is 8.13. The van der Waals surface area contributed by atoms with Crippen LogP contribution < -0.4 is 5.73 Å². The van der Waals surface area contributed by atoms with Crippen molar-refractivity contribution in [2.45, 2.75) is 26.3 Å². The zero-order valence-electron chi connectivity index (χ0n) is 11.5. The number of rotatable bonds is 6. The lowest BCUT2D eigenvalue weighted by Crippen LogP contribution is -2.18. The third-order valence-corrected chi connectivity index (χ3v) is 2.66. The topological polar surface area (TPSA) is 92.0 Å². The molecule has 0 aromatic carbocycles. The molecule has 0 saturated carbocycles. The van der Waals surface area contributed by atoms with Crippen LogP contribution in [0, 0.1) is 6.92 Å². The first-order valence-electron chi connectivity index (χ1n) is 6.29. The van der Waals surface area contributed by atoms with Crippen LogP contribution in [0.15, 0.2) is 10.7 Å². The molecule has 19 heavy (non-hydrogen) atoms. The maximum absolute atomic E-state index is 5.94. The van der Waals surface area contributed by atoms with Gasteiger partial charge in [0, 0.05) is 19.9 Å². The Balaban J connectivity index is 2.08. The summed E-state index contributed by atoms with van der Waals surface area (Å²) in [5.41, 5.74) is 7.60. The van der Waals surface area contributed by atoms with E-state index in [0.717, 1.165) is 17.7 Å². The summed E-state index contributed by atoms with van der Waals surface area (Å²) in [5.74, 6) is 0.890. The molecule has 7 heteroatoms. The second kappa shape index (κ2) is 5.94. The number of hydrogen-bond donors (Lipinski definition) is 1. The maximum Gasteiger partial charge on any atom is 0.261 e. The fourth-order valence-electron chi connectivity index (χ4n) is 1.73. The molecule has 7 nitrogen and oxygen atoms in total. The minimum atomic E-state index is -0.374. The van der Waals surface area contributed by atoms with Gasteiger partial charge in [-0.05, 0) is 13.3 Å². The van der Waals surface area contributed by atoms with Crippen LogP contribution in [0.4, 0.5) is 0 Å². The molecule has 2 aromatic rings. The van der Waals surface area contributed by atoms with Gasteiger partial charge in [0.2, 0.25) is 0 Å². The molecule has 2 N–H and O–H groups in total. The van der Waals surface area contributed by atoms with E-state index in [1.165, 1.54) is 0 Å². The van der Waals surface area contributed by atoms with Gasteiger partial charge in [0.1, 0.15) is 0 Å². The zero-order chi connectivity index (χ0) is 13.8. The predicted octanol–water partition coefficient (Wildman–Crippen LogP) is 1.20. The molecule has 0 amide bonds. The number of aromatic nitrogens is 4. The number of nitrogens with zero attached hydrogens (tertiary/aromatic N) is 4. The first-order chi connectivity index (χ1) is 9.11. The van der Waals surface area contributed by atoms with Gasteiger partial charge in [-0.3, -0.25) is 4.68 Å². The van der Waals surface area contributed by atoms with Gasteiger partial charge in [0.25, 0.3) is 5.89 Å². The van der Waals surface area contributed by atoms with Crippen LogP contribution in [0.2, 0.25) is 0 Å². The summed E-state index contributed by atoms with van der Waals surface area (Å²) >= 11 is 0. The van der Waals surface area contributed by atoms with Crippen LogP contribution in [0.1, 0.15) is 30.9 Å². The molecule has 0 bridgehead atoms. The number of ether oxygens (including phenoxy) is 1. The van der Waals surface area contributed by atoms with Gasteiger partial charge in [-0.25, -0.2) is 0 Å². The molecule has 0 radical (unpaired) electrons. The lowest BCUT2D eigenvalue weighted by Gasteiger charge is -2.06. The van der Waals surface area contributed by atoms with E-state index in [1.54, 1.807) is 4.68 Å². The van der Waals surface area contributed by atoms with Gasteiger partial charge in [-0.15, -0.1) is 0 Å². The highest BCUT2D eigenvalue weighted by molar-refractivity contribution is 5.54. The third kappa shape index (κ3) is 3.18. The van der Waals surface area contributed by atoms with Gasteiger partial charge in [-0.1, -0.05) is 12.1 Å². The Kier molecular flexibility index (Phi) is 4.28. The SMILES string of the molecule is CCCOCC(N)c1noc(-c2cn(C)nc2C)n1. The molecule has 1 atom stereocenters. The molecular formula is C12H19N5O2. The average Bonchev–Trinajstić information content (AvgIpc) is 2.96. The molecule has 1 unspecified atom stereocenters. The predicted molar refractivity (Wildman–Crippen MR) is 69.3 cm³/mol. The van der Waals surface area contributed by atoms with E-state index in [2.05, 4.69) is 15.2 Å². The molecule has 104 valence electrons. The van der Waals surface area contributed by atoms with Crippen molar-refractivity contribution in [1.29, 1.82) is 0 Å². The van der Waals surface area contributed by atoms with Crippen molar-refractivity contribution in [1.82, 2.24) is 19.9 Å². The summed E-state index contributed by atoms with van der Waals surface area (Å²) in [4.78, 5) is 4.30. The smallest absolute Gasteiger partial charge is 0.261 e.